The molecule has 0 aliphatic rings. The number of ether oxygens (including phenoxy) is 1. The van der Waals surface area contributed by atoms with Gasteiger partial charge in [-0.05, 0) is 26.8 Å². The number of nitrogens with one attached hydrogen (secondary N) is 1. The van der Waals surface area contributed by atoms with Gasteiger partial charge in [-0.1, -0.05) is 17.3 Å². The summed E-state index contributed by atoms with van der Waals surface area (Å²) in [5.41, 5.74) is 2.74. The smallest absolute Gasteiger partial charge is 0.162 e. The number of phenolic OH excluding ortho intramolecular Hbond substituents is 1. The molecule has 0 spiro atoms. The summed E-state index contributed by atoms with van der Waals surface area (Å²) in [5.74, 6) is 1.47. The van der Waals surface area contributed by atoms with Crippen LogP contribution in [0.5, 0.6) is 11.5 Å². The summed E-state index contributed by atoms with van der Waals surface area (Å²) in [6.45, 7) is 6.40. The van der Waals surface area contributed by atoms with Gasteiger partial charge >= 0.3 is 0 Å². The predicted octanol–water partition coefficient (Wildman–Crippen LogP) is 2.86. The van der Waals surface area contributed by atoms with Crippen molar-refractivity contribution in [1.29, 1.82) is 0 Å². The van der Waals surface area contributed by atoms with E-state index in [-0.39, 0.29) is 11.8 Å². The Morgan fingerprint density at radius 1 is 1.40 bits per heavy atom. The second-order valence-corrected chi connectivity index (χ2v) is 4.81. The summed E-state index contributed by atoms with van der Waals surface area (Å²) >= 11 is 0. The zero-order valence-corrected chi connectivity index (χ0v) is 12.2. The zero-order valence-electron chi connectivity index (χ0n) is 12.2. The van der Waals surface area contributed by atoms with Crippen molar-refractivity contribution in [2.24, 2.45) is 0 Å². The molecule has 0 bridgehead atoms. The van der Waals surface area contributed by atoms with Crippen LogP contribution in [0.15, 0.2) is 22.7 Å². The van der Waals surface area contributed by atoms with Crippen molar-refractivity contribution in [3.63, 3.8) is 0 Å². The number of aromatic hydroxyl groups is 1. The van der Waals surface area contributed by atoms with Gasteiger partial charge in [0.25, 0.3) is 0 Å². The van der Waals surface area contributed by atoms with Crippen LogP contribution >= 0.6 is 0 Å². The number of phenols is 1. The van der Waals surface area contributed by atoms with Crippen molar-refractivity contribution in [3.05, 3.63) is 40.8 Å². The van der Waals surface area contributed by atoms with E-state index in [9.17, 15) is 5.11 Å². The number of para-hydroxylation sites is 1. The van der Waals surface area contributed by atoms with Crippen LogP contribution in [-0.4, -0.2) is 17.4 Å². The number of hydrogen-bond donors (Lipinski definition) is 2. The molecule has 2 rings (SSSR count). The molecule has 1 heterocycles. The normalized spacial score (nSPS) is 12.4. The highest BCUT2D eigenvalue weighted by atomic mass is 16.5. The molecule has 20 heavy (non-hydrogen) atoms. The molecule has 0 amide bonds. The van der Waals surface area contributed by atoms with Crippen LogP contribution in [0.1, 0.15) is 35.5 Å². The predicted molar refractivity (Wildman–Crippen MR) is 75.9 cm³/mol. The van der Waals surface area contributed by atoms with Gasteiger partial charge in [-0.2, -0.15) is 0 Å². The fourth-order valence-electron chi connectivity index (χ4n) is 2.35. The lowest BCUT2D eigenvalue weighted by Crippen LogP contribution is -2.19. The number of nitrogens with zero attached hydrogens (tertiary/aromatic N) is 1. The van der Waals surface area contributed by atoms with Gasteiger partial charge < -0.3 is 19.7 Å². The lowest BCUT2D eigenvalue weighted by Gasteiger charge is -2.15. The number of aromatic nitrogens is 1. The minimum absolute atomic E-state index is 0.0897. The molecule has 1 aromatic heterocycles. The average molecular weight is 276 g/mol. The highest BCUT2D eigenvalue weighted by molar-refractivity contribution is 5.45. The summed E-state index contributed by atoms with van der Waals surface area (Å²) in [6.07, 6.45) is 0. The minimum Gasteiger partial charge on any atom is -0.504 e. The van der Waals surface area contributed by atoms with E-state index >= 15 is 0 Å². The van der Waals surface area contributed by atoms with Gasteiger partial charge in [0.1, 0.15) is 5.76 Å². The fourth-order valence-corrected chi connectivity index (χ4v) is 2.35. The quantitative estimate of drug-likeness (QED) is 0.879. The highest BCUT2D eigenvalue weighted by Gasteiger charge is 2.16. The van der Waals surface area contributed by atoms with E-state index in [0.29, 0.717) is 12.3 Å². The van der Waals surface area contributed by atoms with Crippen LogP contribution in [0.3, 0.4) is 0 Å². The lowest BCUT2D eigenvalue weighted by molar-refractivity contribution is 0.369. The van der Waals surface area contributed by atoms with Crippen molar-refractivity contribution in [1.82, 2.24) is 10.5 Å². The van der Waals surface area contributed by atoms with Gasteiger partial charge in [0.15, 0.2) is 11.5 Å². The highest BCUT2D eigenvalue weighted by Crippen LogP contribution is 2.30. The van der Waals surface area contributed by atoms with Crippen molar-refractivity contribution in [2.45, 2.75) is 33.4 Å². The second kappa shape index (κ2) is 5.96. The summed E-state index contributed by atoms with van der Waals surface area (Å²) in [6, 6.07) is 5.55. The maximum absolute atomic E-state index is 10.0. The van der Waals surface area contributed by atoms with Gasteiger partial charge in [0.2, 0.25) is 0 Å². The Hall–Kier alpha value is -2.01. The van der Waals surface area contributed by atoms with E-state index < -0.39 is 0 Å². The molecular weight excluding hydrogens is 256 g/mol. The van der Waals surface area contributed by atoms with E-state index in [2.05, 4.69) is 10.5 Å². The molecule has 0 fully saturated rings. The minimum atomic E-state index is 0.0897. The van der Waals surface area contributed by atoms with E-state index in [0.717, 1.165) is 22.6 Å². The topological polar surface area (TPSA) is 67.5 Å². The maximum atomic E-state index is 10.0. The van der Waals surface area contributed by atoms with Gasteiger partial charge in [-0.15, -0.1) is 0 Å². The third-order valence-electron chi connectivity index (χ3n) is 3.42. The molecule has 1 unspecified atom stereocenters. The number of hydrogen-bond acceptors (Lipinski definition) is 5. The molecule has 1 atom stereocenters. The fraction of sp³-hybridized carbons (Fsp3) is 0.400. The first kappa shape index (κ1) is 14.4. The molecule has 108 valence electrons. The molecule has 5 heteroatoms. The van der Waals surface area contributed by atoms with E-state index in [1.165, 1.54) is 0 Å². The van der Waals surface area contributed by atoms with Crippen molar-refractivity contribution < 1.29 is 14.4 Å². The van der Waals surface area contributed by atoms with E-state index in [4.69, 9.17) is 9.26 Å². The maximum Gasteiger partial charge on any atom is 0.162 e. The molecule has 2 aromatic rings. The Morgan fingerprint density at radius 3 is 2.75 bits per heavy atom. The van der Waals surface area contributed by atoms with Crippen LogP contribution in [0.25, 0.3) is 0 Å². The molecule has 0 radical (unpaired) electrons. The van der Waals surface area contributed by atoms with Crippen LogP contribution in [0.2, 0.25) is 0 Å². The van der Waals surface area contributed by atoms with Crippen LogP contribution < -0.4 is 10.1 Å². The monoisotopic (exact) mass is 276 g/mol. The van der Waals surface area contributed by atoms with Crippen LogP contribution in [0, 0.1) is 13.8 Å². The summed E-state index contributed by atoms with van der Waals surface area (Å²) in [7, 11) is 1.54. The first-order chi connectivity index (χ1) is 9.54. The van der Waals surface area contributed by atoms with Gasteiger partial charge in [0, 0.05) is 23.7 Å². The third kappa shape index (κ3) is 2.77. The SMILES string of the molecule is COc1cccc(CNC(C)c2c(C)noc2C)c1O. The van der Waals surface area contributed by atoms with Crippen LogP contribution in [0.4, 0.5) is 0 Å². The van der Waals surface area contributed by atoms with E-state index in [1.54, 1.807) is 13.2 Å². The van der Waals surface area contributed by atoms with Crippen molar-refractivity contribution >= 4 is 0 Å². The Labute approximate surface area is 118 Å². The molecule has 0 aliphatic heterocycles. The third-order valence-corrected chi connectivity index (χ3v) is 3.42. The first-order valence-corrected chi connectivity index (χ1v) is 6.55. The molecule has 0 saturated carbocycles. The Balaban J connectivity index is 2.09. The summed E-state index contributed by atoms with van der Waals surface area (Å²) in [4.78, 5) is 0. The van der Waals surface area contributed by atoms with E-state index in [1.807, 2.05) is 32.9 Å². The number of rotatable bonds is 5. The lowest BCUT2D eigenvalue weighted by atomic mass is 10.1. The number of aryl methyl sites for hydroxylation is 2. The molecule has 0 aliphatic carbocycles. The largest absolute Gasteiger partial charge is 0.504 e. The van der Waals surface area contributed by atoms with Crippen molar-refractivity contribution in [3.8, 4) is 11.5 Å². The van der Waals surface area contributed by atoms with Gasteiger partial charge in [0.05, 0.1) is 12.8 Å². The second-order valence-electron chi connectivity index (χ2n) is 4.81. The average Bonchev–Trinajstić information content (AvgIpc) is 2.77. The Kier molecular flexibility index (Phi) is 4.29. The van der Waals surface area contributed by atoms with Crippen LogP contribution in [-0.2, 0) is 6.54 Å². The molecule has 1 aromatic carbocycles. The molecular formula is C15H20N2O3. The first-order valence-electron chi connectivity index (χ1n) is 6.55. The molecule has 0 saturated heterocycles. The van der Waals surface area contributed by atoms with Gasteiger partial charge in [-0.25, -0.2) is 0 Å². The van der Waals surface area contributed by atoms with Gasteiger partial charge in [-0.3, -0.25) is 0 Å². The summed E-state index contributed by atoms with van der Waals surface area (Å²) < 4.78 is 10.3. The van der Waals surface area contributed by atoms with Crippen molar-refractivity contribution in [2.75, 3.05) is 7.11 Å². The summed E-state index contributed by atoms with van der Waals surface area (Å²) in [5, 5.41) is 17.4. The zero-order chi connectivity index (χ0) is 14.7. The standard InChI is InChI=1S/C15H20N2O3/c1-9(14-10(2)17-20-11(14)3)16-8-12-6-5-7-13(19-4)15(12)18/h5-7,9,16,18H,8H2,1-4H3. The number of benzene rings is 1. The Bertz CT molecular complexity index is 573. The molecule has 2 N–H and O–H groups in total. The Morgan fingerprint density at radius 2 is 2.15 bits per heavy atom. The molecule has 5 nitrogen and oxygen atoms in total. The number of methoxy groups -OCH3 is 1.